The molecule has 1 unspecified atom stereocenters. The molecular weight excluding hydrogens is 160 g/mol. The van der Waals surface area contributed by atoms with E-state index >= 15 is 0 Å². The fourth-order valence-corrected chi connectivity index (χ4v) is 1.57. The first-order valence-electron chi connectivity index (χ1n) is 3.59. The average molecular weight is 172 g/mol. The van der Waals surface area contributed by atoms with E-state index in [-0.39, 0.29) is 0 Å². The summed E-state index contributed by atoms with van der Waals surface area (Å²) < 4.78 is 5.06. The summed E-state index contributed by atoms with van der Waals surface area (Å²) in [5.41, 5.74) is 5.39. The summed E-state index contributed by atoms with van der Waals surface area (Å²) in [6.45, 7) is 2.83. The highest BCUT2D eigenvalue weighted by Gasteiger charge is 2.05. The lowest BCUT2D eigenvalue weighted by Crippen LogP contribution is -2.06. The molecule has 0 aromatic carbocycles. The van der Waals surface area contributed by atoms with Crippen molar-refractivity contribution in [3.63, 3.8) is 0 Å². The van der Waals surface area contributed by atoms with E-state index < -0.39 is 0 Å². The molecule has 1 atom stereocenters. The van der Waals surface area contributed by atoms with E-state index in [1.165, 1.54) is 0 Å². The van der Waals surface area contributed by atoms with Crippen molar-refractivity contribution < 1.29 is 4.42 Å². The van der Waals surface area contributed by atoms with E-state index in [1.807, 2.05) is 0 Å². The molecule has 0 radical (unpaired) electrons. The average Bonchev–Trinajstić information content (AvgIpc) is 2.40. The van der Waals surface area contributed by atoms with E-state index in [1.54, 1.807) is 24.2 Å². The molecule has 0 amide bonds. The maximum absolute atomic E-state index is 5.39. The highest BCUT2D eigenvalue weighted by Crippen LogP contribution is 2.22. The Labute approximate surface area is 70.4 Å². The molecule has 0 aliphatic carbocycles. The molecule has 1 aromatic rings. The van der Waals surface area contributed by atoms with Gasteiger partial charge in [0.25, 0.3) is 5.22 Å². The van der Waals surface area contributed by atoms with Crippen molar-refractivity contribution in [3.05, 3.63) is 12.5 Å². The van der Waals surface area contributed by atoms with Crippen LogP contribution in [0.4, 0.5) is 0 Å². The van der Waals surface area contributed by atoms with E-state index in [0.717, 1.165) is 18.2 Å². The monoisotopic (exact) mass is 172 g/mol. The third-order valence-electron chi connectivity index (χ3n) is 1.28. The number of thioether (sulfide) groups is 1. The van der Waals surface area contributed by atoms with Crippen molar-refractivity contribution in [1.82, 2.24) is 4.98 Å². The molecule has 3 nitrogen and oxygen atoms in total. The van der Waals surface area contributed by atoms with Gasteiger partial charge in [-0.3, -0.25) is 0 Å². The van der Waals surface area contributed by atoms with E-state index in [9.17, 15) is 0 Å². The van der Waals surface area contributed by atoms with E-state index in [0.29, 0.717) is 5.25 Å². The molecule has 1 rings (SSSR count). The quantitative estimate of drug-likeness (QED) is 0.699. The second-order valence-corrected chi connectivity index (χ2v) is 3.69. The van der Waals surface area contributed by atoms with Crippen molar-refractivity contribution in [2.75, 3.05) is 6.54 Å². The summed E-state index contributed by atoms with van der Waals surface area (Å²) in [6.07, 6.45) is 4.22. The highest BCUT2D eigenvalue weighted by atomic mass is 32.2. The van der Waals surface area contributed by atoms with Gasteiger partial charge in [0.1, 0.15) is 6.26 Å². The molecule has 62 valence electrons. The van der Waals surface area contributed by atoms with Gasteiger partial charge < -0.3 is 10.2 Å². The van der Waals surface area contributed by atoms with Crippen LogP contribution >= 0.6 is 11.8 Å². The van der Waals surface area contributed by atoms with Gasteiger partial charge in [0.15, 0.2) is 0 Å². The lowest BCUT2D eigenvalue weighted by atomic mass is 10.3. The van der Waals surface area contributed by atoms with Crippen LogP contribution in [0.25, 0.3) is 0 Å². The van der Waals surface area contributed by atoms with Gasteiger partial charge in [-0.05, 0) is 13.0 Å². The van der Waals surface area contributed by atoms with Crippen molar-refractivity contribution in [2.24, 2.45) is 5.73 Å². The van der Waals surface area contributed by atoms with Gasteiger partial charge in [0.2, 0.25) is 0 Å². The molecule has 1 aromatic heterocycles. The van der Waals surface area contributed by atoms with Gasteiger partial charge in [-0.2, -0.15) is 0 Å². The van der Waals surface area contributed by atoms with Gasteiger partial charge in [0, 0.05) is 5.25 Å². The predicted molar refractivity (Wildman–Crippen MR) is 45.5 cm³/mol. The van der Waals surface area contributed by atoms with Gasteiger partial charge in [-0.15, -0.1) is 0 Å². The number of hydrogen-bond acceptors (Lipinski definition) is 4. The molecule has 0 saturated carbocycles. The summed E-state index contributed by atoms with van der Waals surface area (Å²) in [6, 6.07) is 0. The minimum Gasteiger partial charge on any atom is -0.440 e. The topological polar surface area (TPSA) is 52.0 Å². The van der Waals surface area contributed by atoms with E-state index in [2.05, 4.69) is 11.9 Å². The minimum atomic E-state index is 0.485. The summed E-state index contributed by atoms with van der Waals surface area (Å²) in [7, 11) is 0. The summed E-state index contributed by atoms with van der Waals surface area (Å²) in [4.78, 5) is 3.99. The maximum Gasteiger partial charge on any atom is 0.255 e. The second kappa shape index (κ2) is 4.41. The zero-order valence-electron chi connectivity index (χ0n) is 6.49. The molecular formula is C7H12N2OS. The predicted octanol–water partition coefficient (Wildman–Crippen LogP) is 1.50. The first-order chi connectivity index (χ1) is 5.33. The Balaban J connectivity index is 2.31. The Hall–Kier alpha value is -0.480. The fraction of sp³-hybridized carbons (Fsp3) is 0.571. The van der Waals surface area contributed by atoms with Crippen LogP contribution in [0.3, 0.4) is 0 Å². The Kier molecular flexibility index (Phi) is 3.45. The Morgan fingerprint density at radius 1 is 1.82 bits per heavy atom. The zero-order chi connectivity index (χ0) is 8.10. The number of aromatic nitrogens is 1. The Morgan fingerprint density at radius 2 is 2.64 bits per heavy atom. The van der Waals surface area contributed by atoms with Crippen molar-refractivity contribution in [1.29, 1.82) is 0 Å². The van der Waals surface area contributed by atoms with Crippen LogP contribution in [-0.4, -0.2) is 16.8 Å². The SMILES string of the molecule is CC(CCN)Sc1ncco1. The van der Waals surface area contributed by atoms with Crippen LogP contribution in [0.15, 0.2) is 22.1 Å². The lowest BCUT2D eigenvalue weighted by molar-refractivity contribution is 0.453. The molecule has 0 spiro atoms. The third-order valence-corrected chi connectivity index (χ3v) is 2.33. The largest absolute Gasteiger partial charge is 0.440 e. The van der Waals surface area contributed by atoms with Gasteiger partial charge in [0.05, 0.1) is 6.20 Å². The van der Waals surface area contributed by atoms with Crippen LogP contribution < -0.4 is 5.73 Å². The molecule has 0 saturated heterocycles. The van der Waals surface area contributed by atoms with Gasteiger partial charge in [-0.1, -0.05) is 18.7 Å². The number of nitrogens with zero attached hydrogens (tertiary/aromatic N) is 1. The van der Waals surface area contributed by atoms with Crippen molar-refractivity contribution in [3.8, 4) is 0 Å². The molecule has 0 aliphatic heterocycles. The standard InChI is InChI=1S/C7H12N2OS/c1-6(2-3-8)11-7-9-4-5-10-7/h4-6H,2-3,8H2,1H3. The van der Waals surface area contributed by atoms with Crippen LogP contribution in [0.1, 0.15) is 13.3 Å². The Bertz CT molecular complexity index is 188. The molecule has 2 N–H and O–H groups in total. The van der Waals surface area contributed by atoms with Crippen LogP contribution in [0.2, 0.25) is 0 Å². The first kappa shape index (κ1) is 8.62. The second-order valence-electron chi connectivity index (χ2n) is 2.30. The van der Waals surface area contributed by atoms with E-state index in [4.69, 9.17) is 10.2 Å². The number of nitrogens with two attached hydrogens (primary N) is 1. The number of hydrogen-bond donors (Lipinski definition) is 1. The number of rotatable bonds is 4. The zero-order valence-corrected chi connectivity index (χ0v) is 7.30. The molecule has 0 aliphatic rings. The molecule has 11 heavy (non-hydrogen) atoms. The Morgan fingerprint density at radius 3 is 3.18 bits per heavy atom. The maximum atomic E-state index is 5.39. The summed E-state index contributed by atoms with van der Waals surface area (Å²) in [5, 5.41) is 1.21. The van der Waals surface area contributed by atoms with Crippen LogP contribution in [-0.2, 0) is 0 Å². The van der Waals surface area contributed by atoms with Crippen molar-refractivity contribution in [2.45, 2.75) is 23.8 Å². The summed E-state index contributed by atoms with van der Waals surface area (Å²) >= 11 is 1.62. The lowest BCUT2D eigenvalue weighted by Gasteiger charge is -2.04. The normalized spacial score (nSPS) is 13.3. The molecule has 1 heterocycles. The number of oxazole rings is 1. The molecule has 0 fully saturated rings. The summed E-state index contributed by atoms with van der Waals surface area (Å²) in [5.74, 6) is 0. The highest BCUT2D eigenvalue weighted by molar-refractivity contribution is 7.99. The smallest absolute Gasteiger partial charge is 0.255 e. The van der Waals surface area contributed by atoms with Crippen molar-refractivity contribution >= 4 is 11.8 Å². The third kappa shape index (κ3) is 2.95. The molecule has 0 bridgehead atoms. The van der Waals surface area contributed by atoms with Gasteiger partial charge >= 0.3 is 0 Å². The van der Waals surface area contributed by atoms with Crippen LogP contribution in [0.5, 0.6) is 0 Å². The first-order valence-corrected chi connectivity index (χ1v) is 4.47. The fourth-order valence-electron chi connectivity index (χ4n) is 0.734. The molecule has 4 heteroatoms. The van der Waals surface area contributed by atoms with Gasteiger partial charge in [-0.25, -0.2) is 4.98 Å². The van der Waals surface area contributed by atoms with Crippen LogP contribution in [0, 0.1) is 0 Å². The minimum absolute atomic E-state index is 0.485.